The van der Waals surface area contributed by atoms with Gasteiger partial charge in [0.05, 0.1) is 23.9 Å². The number of amides is 2. The third-order valence-corrected chi connectivity index (χ3v) is 4.55. The van der Waals surface area contributed by atoms with Crippen LogP contribution in [-0.4, -0.2) is 33.7 Å². The van der Waals surface area contributed by atoms with Crippen LogP contribution in [0.25, 0.3) is 16.9 Å². The molecule has 0 atom stereocenters. The van der Waals surface area contributed by atoms with Gasteiger partial charge in [0.2, 0.25) is 0 Å². The third kappa shape index (κ3) is 4.27. The number of hydrazine groups is 1. The summed E-state index contributed by atoms with van der Waals surface area (Å²) in [5.74, 6) is -0.412. The van der Waals surface area contributed by atoms with Gasteiger partial charge in [-0.1, -0.05) is 30.3 Å². The molecule has 0 spiro atoms. The van der Waals surface area contributed by atoms with Crippen LogP contribution >= 0.6 is 0 Å². The van der Waals surface area contributed by atoms with Crippen LogP contribution in [0.1, 0.15) is 20.7 Å². The quantitative estimate of drug-likeness (QED) is 0.490. The number of carbonyl (C=O) groups excluding carboxylic acids is 2. The van der Waals surface area contributed by atoms with Gasteiger partial charge in [-0.2, -0.15) is 5.10 Å². The summed E-state index contributed by atoms with van der Waals surface area (Å²) in [4.78, 5) is 29.1. The van der Waals surface area contributed by atoms with Crippen molar-refractivity contribution in [1.29, 1.82) is 0 Å². The zero-order valence-electron chi connectivity index (χ0n) is 16.6. The minimum Gasteiger partial charge on any atom is -0.496 e. The van der Waals surface area contributed by atoms with Gasteiger partial charge in [0.15, 0.2) is 0 Å². The molecule has 0 saturated carbocycles. The summed E-state index contributed by atoms with van der Waals surface area (Å²) in [6.07, 6.45) is 4.59. The summed E-state index contributed by atoms with van der Waals surface area (Å²) in [7, 11) is 1.56. The van der Waals surface area contributed by atoms with Gasteiger partial charge in [-0.3, -0.25) is 25.4 Å². The maximum Gasteiger partial charge on any atom is 0.273 e. The van der Waals surface area contributed by atoms with Crippen LogP contribution < -0.4 is 15.6 Å². The molecule has 4 rings (SSSR count). The lowest BCUT2D eigenvalue weighted by atomic mass is 10.1. The first kappa shape index (κ1) is 19.8. The Morgan fingerprint density at radius 2 is 1.65 bits per heavy atom. The Morgan fingerprint density at radius 3 is 2.39 bits per heavy atom. The second kappa shape index (κ2) is 8.91. The molecule has 0 bridgehead atoms. The minimum atomic E-state index is -0.514. The molecule has 0 radical (unpaired) electrons. The fraction of sp³-hybridized carbons (Fsp3) is 0.0435. The van der Waals surface area contributed by atoms with E-state index < -0.39 is 11.8 Å². The van der Waals surface area contributed by atoms with Crippen LogP contribution in [0.3, 0.4) is 0 Å². The topological polar surface area (TPSA) is 98.1 Å². The number of benzene rings is 2. The predicted octanol–water partition coefficient (Wildman–Crippen LogP) is 3.02. The van der Waals surface area contributed by atoms with Crippen LogP contribution in [0, 0.1) is 0 Å². The number of nitrogens with zero attached hydrogens (tertiary/aromatic N) is 3. The Labute approximate surface area is 178 Å². The molecule has 2 aromatic heterocycles. The van der Waals surface area contributed by atoms with Crippen molar-refractivity contribution < 1.29 is 14.3 Å². The number of methoxy groups -OCH3 is 1. The van der Waals surface area contributed by atoms with Crippen LogP contribution in [-0.2, 0) is 0 Å². The molecular weight excluding hydrogens is 394 g/mol. The average Bonchev–Trinajstić information content (AvgIpc) is 3.29. The van der Waals surface area contributed by atoms with E-state index in [1.54, 1.807) is 42.4 Å². The van der Waals surface area contributed by atoms with Crippen LogP contribution in [0.2, 0.25) is 0 Å². The maximum absolute atomic E-state index is 13.0. The SMILES string of the molecule is COc1ccccc1-c1nn(-c2ccccc2)cc1C(=O)NNC(=O)c1cccnc1. The zero-order valence-corrected chi connectivity index (χ0v) is 16.6. The fourth-order valence-electron chi connectivity index (χ4n) is 3.04. The molecule has 0 aliphatic heterocycles. The molecule has 0 aliphatic rings. The van der Waals surface area contributed by atoms with E-state index in [9.17, 15) is 9.59 Å². The monoisotopic (exact) mass is 413 g/mol. The number of carbonyl (C=O) groups is 2. The van der Waals surface area contributed by atoms with E-state index in [2.05, 4.69) is 20.9 Å². The molecule has 31 heavy (non-hydrogen) atoms. The van der Waals surface area contributed by atoms with Crippen molar-refractivity contribution >= 4 is 11.8 Å². The largest absolute Gasteiger partial charge is 0.496 e. The molecule has 2 heterocycles. The van der Waals surface area contributed by atoms with Gasteiger partial charge in [0, 0.05) is 24.2 Å². The third-order valence-electron chi connectivity index (χ3n) is 4.55. The lowest BCUT2D eigenvalue weighted by Crippen LogP contribution is -2.41. The highest BCUT2D eigenvalue weighted by atomic mass is 16.5. The predicted molar refractivity (Wildman–Crippen MR) is 115 cm³/mol. The molecule has 0 saturated heterocycles. The Kier molecular flexibility index (Phi) is 5.70. The van der Waals surface area contributed by atoms with Crippen molar-refractivity contribution in [2.24, 2.45) is 0 Å². The van der Waals surface area contributed by atoms with E-state index in [1.165, 1.54) is 6.20 Å². The average molecular weight is 413 g/mol. The number of pyridine rings is 1. The van der Waals surface area contributed by atoms with Gasteiger partial charge in [-0.05, 0) is 36.4 Å². The van der Waals surface area contributed by atoms with Crippen molar-refractivity contribution in [2.75, 3.05) is 7.11 Å². The number of ether oxygens (including phenoxy) is 1. The Bertz CT molecular complexity index is 1210. The summed E-state index contributed by atoms with van der Waals surface area (Å²) >= 11 is 0. The Balaban J connectivity index is 1.67. The highest BCUT2D eigenvalue weighted by Crippen LogP contribution is 2.31. The highest BCUT2D eigenvalue weighted by molar-refractivity contribution is 6.02. The van der Waals surface area contributed by atoms with E-state index >= 15 is 0 Å². The molecule has 154 valence electrons. The van der Waals surface area contributed by atoms with Crippen LogP contribution in [0.5, 0.6) is 5.75 Å². The standard InChI is InChI=1S/C23H19N5O3/c1-31-20-12-6-5-11-18(20)21-19(15-28(27-21)17-9-3-2-4-10-17)23(30)26-25-22(29)16-8-7-13-24-14-16/h2-15H,1H3,(H,25,29)(H,26,30). The molecule has 2 N–H and O–H groups in total. The molecule has 4 aromatic rings. The van der Waals surface area contributed by atoms with Gasteiger partial charge < -0.3 is 4.74 Å². The van der Waals surface area contributed by atoms with Crippen molar-refractivity contribution in [3.8, 4) is 22.7 Å². The van der Waals surface area contributed by atoms with Crippen molar-refractivity contribution in [3.05, 3.63) is 96.4 Å². The lowest BCUT2D eigenvalue weighted by molar-refractivity contribution is 0.0847. The van der Waals surface area contributed by atoms with Crippen molar-refractivity contribution in [2.45, 2.75) is 0 Å². The van der Waals surface area contributed by atoms with Gasteiger partial charge in [-0.25, -0.2) is 4.68 Å². The van der Waals surface area contributed by atoms with E-state index in [4.69, 9.17) is 4.74 Å². The normalized spacial score (nSPS) is 10.4. The zero-order chi connectivity index (χ0) is 21.6. The van der Waals surface area contributed by atoms with Gasteiger partial charge in [0.25, 0.3) is 11.8 Å². The number of hydrogen-bond donors (Lipinski definition) is 2. The number of hydrogen-bond acceptors (Lipinski definition) is 5. The molecule has 2 aromatic carbocycles. The smallest absolute Gasteiger partial charge is 0.273 e. The first-order valence-electron chi connectivity index (χ1n) is 9.46. The minimum absolute atomic E-state index is 0.278. The summed E-state index contributed by atoms with van der Waals surface area (Å²) in [5.41, 5.74) is 7.33. The molecule has 0 aliphatic carbocycles. The van der Waals surface area contributed by atoms with E-state index in [0.717, 1.165) is 5.69 Å². The Hall–Kier alpha value is -4.46. The number of aromatic nitrogens is 3. The van der Waals surface area contributed by atoms with Gasteiger partial charge in [-0.15, -0.1) is 0 Å². The lowest BCUT2D eigenvalue weighted by Gasteiger charge is -2.09. The van der Waals surface area contributed by atoms with E-state index in [1.807, 2.05) is 48.5 Å². The number of nitrogens with one attached hydrogen (secondary N) is 2. The molecule has 2 amide bonds. The fourth-order valence-corrected chi connectivity index (χ4v) is 3.04. The first-order chi connectivity index (χ1) is 15.2. The summed E-state index contributed by atoms with van der Waals surface area (Å²) in [6, 6.07) is 20.0. The van der Waals surface area contributed by atoms with Crippen molar-refractivity contribution in [3.63, 3.8) is 0 Å². The molecule has 8 heteroatoms. The molecular formula is C23H19N5O3. The van der Waals surface area contributed by atoms with E-state index in [-0.39, 0.29) is 5.56 Å². The van der Waals surface area contributed by atoms with Gasteiger partial charge in [0.1, 0.15) is 11.4 Å². The maximum atomic E-state index is 13.0. The van der Waals surface area contributed by atoms with Crippen molar-refractivity contribution in [1.82, 2.24) is 25.6 Å². The van der Waals surface area contributed by atoms with Crippen LogP contribution in [0.15, 0.2) is 85.3 Å². The second-order valence-corrected chi connectivity index (χ2v) is 6.52. The van der Waals surface area contributed by atoms with Crippen LogP contribution in [0.4, 0.5) is 0 Å². The molecule has 8 nitrogen and oxygen atoms in total. The van der Waals surface area contributed by atoms with Gasteiger partial charge >= 0.3 is 0 Å². The highest BCUT2D eigenvalue weighted by Gasteiger charge is 2.21. The number of rotatable bonds is 5. The molecule has 0 unspecified atom stereocenters. The number of para-hydroxylation sites is 2. The Morgan fingerprint density at radius 1 is 0.903 bits per heavy atom. The molecule has 0 fully saturated rings. The second-order valence-electron chi connectivity index (χ2n) is 6.52. The summed E-state index contributed by atoms with van der Waals surface area (Å²) in [5, 5.41) is 4.62. The summed E-state index contributed by atoms with van der Waals surface area (Å²) in [6.45, 7) is 0. The summed E-state index contributed by atoms with van der Waals surface area (Å²) < 4.78 is 7.06. The first-order valence-corrected chi connectivity index (χ1v) is 9.46. The van der Waals surface area contributed by atoms with E-state index in [0.29, 0.717) is 22.6 Å².